The number of nitrogens with one attached hydrogen (secondary N) is 1. The quantitative estimate of drug-likeness (QED) is 0.930. The van der Waals surface area contributed by atoms with Gasteiger partial charge in [-0.1, -0.05) is 29.8 Å². The molecule has 0 spiro atoms. The van der Waals surface area contributed by atoms with E-state index in [-0.39, 0.29) is 5.91 Å². The number of hydrogen-bond acceptors (Lipinski definition) is 3. The fraction of sp³-hybridized carbons (Fsp3) is 0.176. The summed E-state index contributed by atoms with van der Waals surface area (Å²) in [5.74, 6) is 0.0774. The molecule has 0 saturated carbocycles. The van der Waals surface area contributed by atoms with Crippen molar-refractivity contribution in [1.82, 2.24) is 0 Å². The number of amides is 1. The smallest absolute Gasteiger partial charge is 0.265 e. The maximum absolute atomic E-state index is 12.2. The lowest BCUT2D eigenvalue weighted by Crippen LogP contribution is -2.30. The van der Waals surface area contributed by atoms with Gasteiger partial charge in [0.1, 0.15) is 11.8 Å². The van der Waals surface area contributed by atoms with E-state index in [1.165, 1.54) is 0 Å². The molecular weight excluding hydrogens is 300 g/mol. The molecule has 5 heteroatoms. The standard InChI is InChI=1S/C17H15ClN2O2/c1-11-7-8-14(18)9-15(11)20-17(21)12(2)22-16-6-4-3-5-13(16)10-19/h3-9,12H,1-2H3,(H,20,21). The number of benzene rings is 2. The maximum Gasteiger partial charge on any atom is 0.265 e. The van der Waals surface area contributed by atoms with E-state index in [4.69, 9.17) is 21.6 Å². The molecule has 2 rings (SSSR count). The van der Waals surface area contributed by atoms with Gasteiger partial charge >= 0.3 is 0 Å². The van der Waals surface area contributed by atoms with E-state index in [0.29, 0.717) is 22.0 Å². The first kappa shape index (κ1) is 15.9. The van der Waals surface area contributed by atoms with E-state index in [0.717, 1.165) is 5.56 Å². The number of rotatable bonds is 4. The molecule has 0 aliphatic heterocycles. The lowest BCUT2D eigenvalue weighted by atomic mass is 10.2. The van der Waals surface area contributed by atoms with E-state index in [9.17, 15) is 4.79 Å². The van der Waals surface area contributed by atoms with Gasteiger partial charge in [0.2, 0.25) is 0 Å². The van der Waals surface area contributed by atoms with Gasteiger partial charge in [-0.2, -0.15) is 5.26 Å². The van der Waals surface area contributed by atoms with E-state index in [1.807, 2.05) is 19.1 Å². The van der Waals surface area contributed by atoms with Crippen molar-refractivity contribution >= 4 is 23.2 Å². The summed E-state index contributed by atoms with van der Waals surface area (Å²) in [6.45, 7) is 3.51. The number of ether oxygens (including phenoxy) is 1. The van der Waals surface area contributed by atoms with Gasteiger partial charge in [0.15, 0.2) is 6.10 Å². The summed E-state index contributed by atoms with van der Waals surface area (Å²) in [7, 11) is 0. The molecule has 1 N–H and O–H groups in total. The number of halogens is 1. The summed E-state index contributed by atoms with van der Waals surface area (Å²) in [5, 5.41) is 12.3. The SMILES string of the molecule is Cc1ccc(Cl)cc1NC(=O)C(C)Oc1ccccc1C#N. The molecular formula is C17H15ClN2O2. The van der Waals surface area contributed by atoms with Crippen LogP contribution in [0.5, 0.6) is 5.75 Å². The number of nitriles is 1. The van der Waals surface area contributed by atoms with Crippen molar-refractivity contribution < 1.29 is 9.53 Å². The summed E-state index contributed by atoms with van der Waals surface area (Å²) in [4.78, 5) is 12.2. The number of para-hydroxylation sites is 1. The fourth-order valence-corrected chi connectivity index (χ4v) is 2.04. The molecule has 0 aromatic heterocycles. The maximum atomic E-state index is 12.2. The van der Waals surface area contributed by atoms with Gasteiger partial charge in [0.05, 0.1) is 5.56 Å². The lowest BCUT2D eigenvalue weighted by Gasteiger charge is -2.16. The summed E-state index contributed by atoms with van der Waals surface area (Å²) in [6.07, 6.45) is -0.743. The first-order valence-electron chi connectivity index (χ1n) is 6.74. The molecule has 0 heterocycles. The van der Waals surface area contributed by atoms with Gasteiger partial charge in [-0.05, 0) is 43.7 Å². The Kier molecular flexibility index (Phi) is 5.03. The minimum atomic E-state index is -0.743. The van der Waals surface area contributed by atoms with Crippen molar-refractivity contribution in [3.05, 3.63) is 58.6 Å². The Bertz CT molecular complexity index is 738. The molecule has 2 aromatic carbocycles. The lowest BCUT2D eigenvalue weighted by molar-refractivity contribution is -0.122. The molecule has 0 fully saturated rings. The third-order valence-corrected chi connectivity index (χ3v) is 3.37. The number of carbonyl (C=O) groups excluding carboxylic acids is 1. The zero-order chi connectivity index (χ0) is 16.1. The monoisotopic (exact) mass is 314 g/mol. The molecule has 0 radical (unpaired) electrons. The Labute approximate surface area is 134 Å². The van der Waals surface area contributed by atoms with Gasteiger partial charge in [0.25, 0.3) is 5.91 Å². The van der Waals surface area contributed by atoms with Crippen LogP contribution in [-0.4, -0.2) is 12.0 Å². The van der Waals surface area contributed by atoms with Gasteiger partial charge in [-0.3, -0.25) is 4.79 Å². The van der Waals surface area contributed by atoms with E-state index in [1.54, 1.807) is 43.3 Å². The Morgan fingerprint density at radius 1 is 1.32 bits per heavy atom. The van der Waals surface area contributed by atoms with Crippen LogP contribution in [0.3, 0.4) is 0 Å². The molecule has 2 aromatic rings. The van der Waals surface area contributed by atoms with Crippen LogP contribution in [0, 0.1) is 18.3 Å². The Balaban J connectivity index is 2.10. The number of aryl methyl sites for hydroxylation is 1. The van der Waals surface area contributed by atoms with E-state index < -0.39 is 6.10 Å². The average molecular weight is 315 g/mol. The topological polar surface area (TPSA) is 62.1 Å². The second-order valence-electron chi connectivity index (χ2n) is 4.82. The minimum absolute atomic E-state index is 0.307. The van der Waals surface area contributed by atoms with E-state index in [2.05, 4.69) is 5.32 Å². The molecule has 1 atom stereocenters. The number of anilines is 1. The largest absolute Gasteiger partial charge is 0.480 e. The highest BCUT2D eigenvalue weighted by molar-refractivity contribution is 6.31. The van der Waals surface area contributed by atoms with Crippen LogP contribution in [0.4, 0.5) is 5.69 Å². The molecule has 1 unspecified atom stereocenters. The van der Waals surface area contributed by atoms with Crippen molar-refractivity contribution in [3.8, 4) is 11.8 Å². The third-order valence-electron chi connectivity index (χ3n) is 3.14. The van der Waals surface area contributed by atoms with Crippen molar-refractivity contribution in [1.29, 1.82) is 5.26 Å². The molecule has 112 valence electrons. The van der Waals surface area contributed by atoms with Gasteiger partial charge in [0, 0.05) is 10.7 Å². The van der Waals surface area contributed by atoms with Crippen LogP contribution >= 0.6 is 11.6 Å². The van der Waals surface area contributed by atoms with Crippen molar-refractivity contribution in [2.24, 2.45) is 0 Å². The van der Waals surface area contributed by atoms with Crippen LogP contribution in [0.15, 0.2) is 42.5 Å². The van der Waals surface area contributed by atoms with Crippen LogP contribution in [0.1, 0.15) is 18.1 Å². The zero-order valence-electron chi connectivity index (χ0n) is 12.3. The van der Waals surface area contributed by atoms with Gasteiger partial charge in [-0.15, -0.1) is 0 Å². The predicted octanol–water partition coefficient (Wildman–Crippen LogP) is 3.93. The van der Waals surface area contributed by atoms with Crippen LogP contribution < -0.4 is 10.1 Å². The summed E-state index contributed by atoms with van der Waals surface area (Å²) >= 11 is 5.93. The van der Waals surface area contributed by atoms with E-state index >= 15 is 0 Å². The second kappa shape index (κ2) is 6.97. The van der Waals surface area contributed by atoms with Crippen LogP contribution in [0.25, 0.3) is 0 Å². The Morgan fingerprint density at radius 2 is 2.05 bits per heavy atom. The molecule has 22 heavy (non-hydrogen) atoms. The Morgan fingerprint density at radius 3 is 2.77 bits per heavy atom. The van der Waals surface area contributed by atoms with Crippen LogP contribution in [-0.2, 0) is 4.79 Å². The molecule has 1 amide bonds. The number of nitrogens with zero attached hydrogens (tertiary/aromatic N) is 1. The van der Waals surface area contributed by atoms with Crippen LogP contribution in [0.2, 0.25) is 5.02 Å². The number of hydrogen-bond donors (Lipinski definition) is 1. The highest BCUT2D eigenvalue weighted by Crippen LogP contribution is 2.22. The third kappa shape index (κ3) is 3.78. The van der Waals surface area contributed by atoms with Gasteiger partial charge in [-0.25, -0.2) is 0 Å². The molecule has 0 aliphatic carbocycles. The summed E-state index contributed by atoms with van der Waals surface area (Å²) in [5.41, 5.74) is 1.94. The first-order valence-corrected chi connectivity index (χ1v) is 7.12. The average Bonchev–Trinajstić information content (AvgIpc) is 2.51. The normalized spacial score (nSPS) is 11.4. The van der Waals surface area contributed by atoms with Crippen molar-refractivity contribution in [2.45, 2.75) is 20.0 Å². The van der Waals surface area contributed by atoms with Crippen molar-refractivity contribution in [3.63, 3.8) is 0 Å². The fourth-order valence-electron chi connectivity index (χ4n) is 1.87. The minimum Gasteiger partial charge on any atom is -0.480 e. The first-order chi connectivity index (χ1) is 10.5. The van der Waals surface area contributed by atoms with Gasteiger partial charge < -0.3 is 10.1 Å². The predicted molar refractivity (Wildman–Crippen MR) is 86.1 cm³/mol. The summed E-state index contributed by atoms with van der Waals surface area (Å²) in [6, 6.07) is 14.1. The molecule has 0 saturated heterocycles. The number of carbonyl (C=O) groups is 1. The molecule has 0 bridgehead atoms. The highest BCUT2D eigenvalue weighted by atomic mass is 35.5. The summed E-state index contributed by atoms with van der Waals surface area (Å²) < 4.78 is 5.57. The highest BCUT2D eigenvalue weighted by Gasteiger charge is 2.17. The molecule has 0 aliphatic rings. The zero-order valence-corrected chi connectivity index (χ0v) is 13.0. The van der Waals surface area contributed by atoms with Crippen molar-refractivity contribution in [2.75, 3.05) is 5.32 Å². The second-order valence-corrected chi connectivity index (χ2v) is 5.25. The Hall–Kier alpha value is -2.51. The molecule has 4 nitrogen and oxygen atoms in total.